The van der Waals surface area contributed by atoms with E-state index in [4.69, 9.17) is 5.73 Å². The van der Waals surface area contributed by atoms with E-state index in [1.54, 1.807) is 11.3 Å². The highest BCUT2D eigenvalue weighted by Gasteiger charge is 2.09. The number of imidazole rings is 2. The highest BCUT2D eigenvalue weighted by Crippen LogP contribution is 2.23. The van der Waals surface area contributed by atoms with Crippen LogP contribution in [0.2, 0.25) is 0 Å². The lowest BCUT2D eigenvalue weighted by molar-refractivity contribution is 0.936. The van der Waals surface area contributed by atoms with Crippen LogP contribution >= 0.6 is 11.3 Å². The first-order chi connectivity index (χ1) is 8.28. The lowest BCUT2D eigenvalue weighted by Gasteiger charge is -1.90. The van der Waals surface area contributed by atoms with E-state index in [9.17, 15) is 0 Å². The van der Waals surface area contributed by atoms with Crippen molar-refractivity contribution in [2.45, 2.75) is 13.3 Å². The van der Waals surface area contributed by atoms with Crippen LogP contribution < -0.4 is 5.73 Å². The largest absolute Gasteiger partial charge is 0.330 e. The number of aromatic amines is 1. The maximum absolute atomic E-state index is 5.52. The Hall–Kier alpha value is -1.66. The van der Waals surface area contributed by atoms with Crippen LogP contribution in [0.25, 0.3) is 16.5 Å². The summed E-state index contributed by atoms with van der Waals surface area (Å²) < 4.78 is 2.03. The maximum atomic E-state index is 5.52. The molecular weight excluding hydrogens is 234 g/mol. The summed E-state index contributed by atoms with van der Waals surface area (Å²) in [4.78, 5) is 12.1. The van der Waals surface area contributed by atoms with Gasteiger partial charge in [-0.15, -0.1) is 11.3 Å². The number of nitrogens with zero attached hydrogens (tertiary/aromatic N) is 3. The zero-order valence-corrected chi connectivity index (χ0v) is 10.3. The first-order valence-corrected chi connectivity index (χ1v) is 6.33. The van der Waals surface area contributed by atoms with Crippen molar-refractivity contribution in [3.05, 3.63) is 29.2 Å². The third-order valence-electron chi connectivity index (χ3n) is 2.67. The first kappa shape index (κ1) is 10.5. The van der Waals surface area contributed by atoms with Gasteiger partial charge in [-0.05, 0) is 13.5 Å². The molecule has 3 heterocycles. The van der Waals surface area contributed by atoms with E-state index < -0.39 is 0 Å². The van der Waals surface area contributed by atoms with Gasteiger partial charge in [0.2, 0.25) is 5.78 Å². The van der Waals surface area contributed by atoms with Gasteiger partial charge in [-0.1, -0.05) is 0 Å². The normalized spacial score (nSPS) is 11.4. The number of H-pyrrole nitrogens is 1. The van der Waals surface area contributed by atoms with Crippen molar-refractivity contribution in [3.63, 3.8) is 0 Å². The summed E-state index contributed by atoms with van der Waals surface area (Å²) >= 11 is 1.63. The molecule has 17 heavy (non-hydrogen) atoms. The molecule has 3 aromatic heterocycles. The summed E-state index contributed by atoms with van der Waals surface area (Å²) in [6.45, 7) is 2.66. The van der Waals surface area contributed by atoms with Gasteiger partial charge in [-0.2, -0.15) is 0 Å². The fraction of sp³-hybridized carbons (Fsp3) is 0.273. The Morgan fingerprint density at radius 2 is 2.41 bits per heavy atom. The number of hydrogen-bond donors (Lipinski definition) is 2. The van der Waals surface area contributed by atoms with E-state index >= 15 is 0 Å². The SMILES string of the molecule is Cc1cnc2[nH]c(-c3nc(CCN)cs3)cn12. The Morgan fingerprint density at radius 1 is 1.53 bits per heavy atom. The Labute approximate surface area is 102 Å². The second kappa shape index (κ2) is 3.97. The third-order valence-corrected chi connectivity index (χ3v) is 3.59. The first-order valence-electron chi connectivity index (χ1n) is 5.45. The monoisotopic (exact) mass is 247 g/mol. The van der Waals surface area contributed by atoms with Crippen molar-refractivity contribution < 1.29 is 0 Å². The average molecular weight is 247 g/mol. The van der Waals surface area contributed by atoms with Crippen molar-refractivity contribution >= 4 is 17.1 Å². The number of thiazole rings is 1. The molecule has 0 atom stereocenters. The van der Waals surface area contributed by atoms with Gasteiger partial charge >= 0.3 is 0 Å². The quantitative estimate of drug-likeness (QED) is 0.738. The van der Waals surface area contributed by atoms with E-state index in [-0.39, 0.29) is 0 Å². The van der Waals surface area contributed by atoms with Crippen molar-refractivity contribution in [1.82, 2.24) is 19.4 Å². The van der Waals surface area contributed by atoms with Gasteiger partial charge in [-0.25, -0.2) is 9.97 Å². The van der Waals surface area contributed by atoms with Crippen molar-refractivity contribution in [3.8, 4) is 10.7 Å². The standard InChI is InChI=1S/C11H13N5S/c1-7-4-13-11-15-9(5-16(7)11)10-14-8(2-3-12)6-17-10/h4-6H,2-3,12H2,1H3,(H,13,15). The summed E-state index contributed by atoms with van der Waals surface area (Å²) in [5.41, 5.74) is 8.68. The molecule has 0 saturated heterocycles. The van der Waals surface area contributed by atoms with Crippen LogP contribution in [0.3, 0.4) is 0 Å². The minimum absolute atomic E-state index is 0.635. The molecule has 88 valence electrons. The Bertz CT molecular complexity index is 648. The molecule has 3 N–H and O–H groups in total. The highest BCUT2D eigenvalue weighted by atomic mass is 32.1. The number of nitrogens with two attached hydrogens (primary N) is 1. The molecule has 0 aliphatic heterocycles. The molecule has 3 aromatic rings. The molecule has 0 aromatic carbocycles. The molecule has 0 amide bonds. The molecular formula is C11H13N5S. The summed E-state index contributed by atoms with van der Waals surface area (Å²) in [7, 11) is 0. The number of nitrogens with one attached hydrogen (secondary N) is 1. The number of fused-ring (bicyclic) bond motifs is 1. The molecule has 0 fully saturated rings. The molecule has 0 unspecified atom stereocenters. The van der Waals surface area contributed by atoms with Gasteiger partial charge in [0.05, 0.1) is 17.6 Å². The predicted octanol–water partition coefficient (Wildman–Crippen LogP) is 1.60. The molecule has 6 heteroatoms. The van der Waals surface area contributed by atoms with Crippen LogP contribution in [0.1, 0.15) is 11.4 Å². The van der Waals surface area contributed by atoms with Crippen LogP contribution in [0, 0.1) is 6.92 Å². The summed E-state index contributed by atoms with van der Waals surface area (Å²) in [5.74, 6) is 0.855. The number of hydrogen-bond acceptors (Lipinski definition) is 4. The molecule has 0 spiro atoms. The van der Waals surface area contributed by atoms with Gasteiger partial charge in [0.15, 0.2) is 0 Å². The van der Waals surface area contributed by atoms with Gasteiger partial charge < -0.3 is 10.7 Å². The lowest BCUT2D eigenvalue weighted by Crippen LogP contribution is -2.02. The van der Waals surface area contributed by atoms with E-state index in [1.807, 2.05) is 23.7 Å². The molecule has 0 radical (unpaired) electrons. The molecule has 0 bridgehead atoms. The molecule has 5 nitrogen and oxygen atoms in total. The second-order valence-corrected chi connectivity index (χ2v) is 4.80. The fourth-order valence-electron chi connectivity index (χ4n) is 1.79. The number of aromatic nitrogens is 4. The molecule has 3 rings (SSSR count). The van der Waals surface area contributed by atoms with Gasteiger partial charge in [0.1, 0.15) is 5.01 Å². The summed E-state index contributed by atoms with van der Waals surface area (Å²) in [5, 5.41) is 3.04. The number of aryl methyl sites for hydroxylation is 1. The Balaban J connectivity index is 2.01. The lowest BCUT2D eigenvalue weighted by atomic mass is 10.3. The summed E-state index contributed by atoms with van der Waals surface area (Å²) in [6.07, 6.45) is 4.70. The van der Waals surface area contributed by atoms with Crippen molar-refractivity contribution in [2.75, 3.05) is 6.54 Å². The van der Waals surface area contributed by atoms with Crippen LogP contribution in [-0.2, 0) is 6.42 Å². The van der Waals surface area contributed by atoms with Gasteiger partial charge in [-0.3, -0.25) is 4.40 Å². The molecule has 0 aliphatic carbocycles. The van der Waals surface area contributed by atoms with Crippen molar-refractivity contribution in [2.24, 2.45) is 5.73 Å². The minimum Gasteiger partial charge on any atom is -0.330 e. The molecule has 0 saturated carbocycles. The average Bonchev–Trinajstić information content (AvgIpc) is 2.96. The topological polar surface area (TPSA) is 72.0 Å². The number of rotatable bonds is 3. The smallest absolute Gasteiger partial charge is 0.211 e. The maximum Gasteiger partial charge on any atom is 0.211 e. The van der Waals surface area contributed by atoms with Gasteiger partial charge in [0, 0.05) is 23.7 Å². The zero-order chi connectivity index (χ0) is 11.8. The molecule has 0 aliphatic rings. The van der Waals surface area contributed by atoms with E-state index in [2.05, 4.69) is 20.3 Å². The van der Waals surface area contributed by atoms with Crippen molar-refractivity contribution in [1.29, 1.82) is 0 Å². The second-order valence-electron chi connectivity index (χ2n) is 3.94. The van der Waals surface area contributed by atoms with E-state index in [0.717, 1.165) is 34.3 Å². The van der Waals surface area contributed by atoms with Crippen LogP contribution in [0.15, 0.2) is 17.8 Å². The third kappa shape index (κ3) is 1.75. The summed E-state index contributed by atoms with van der Waals surface area (Å²) in [6, 6.07) is 0. The zero-order valence-electron chi connectivity index (χ0n) is 9.47. The van der Waals surface area contributed by atoms with Crippen LogP contribution in [0.4, 0.5) is 0 Å². The Morgan fingerprint density at radius 3 is 3.18 bits per heavy atom. The highest BCUT2D eigenvalue weighted by molar-refractivity contribution is 7.13. The minimum atomic E-state index is 0.635. The van der Waals surface area contributed by atoms with Crippen LogP contribution in [0.5, 0.6) is 0 Å². The van der Waals surface area contributed by atoms with E-state index in [0.29, 0.717) is 6.54 Å². The van der Waals surface area contributed by atoms with E-state index in [1.165, 1.54) is 0 Å². The predicted molar refractivity (Wildman–Crippen MR) is 68.1 cm³/mol. The fourth-order valence-corrected chi connectivity index (χ4v) is 2.60. The van der Waals surface area contributed by atoms with Crippen LogP contribution in [-0.4, -0.2) is 25.9 Å². The van der Waals surface area contributed by atoms with Gasteiger partial charge in [0.25, 0.3) is 0 Å². The Kier molecular flexibility index (Phi) is 2.45.